The molecule has 0 fully saturated rings. The maximum Gasteiger partial charge on any atom is 0.329 e. The fourth-order valence-corrected chi connectivity index (χ4v) is 8.57. The summed E-state index contributed by atoms with van der Waals surface area (Å²) in [6.07, 6.45) is 4.69. The van der Waals surface area contributed by atoms with Crippen LogP contribution in [0.4, 0.5) is 4.79 Å². The van der Waals surface area contributed by atoms with Crippen LogP contribution in [0.5, 0.6) is 0 Å². The van der Waals surface area contributed by atoms with Crippen molar-refractivity contribution in [2.75, 3.05) is 32.7 Å². The predicted octanol–water partition coefficient (Wildman–Crippen LogP) is 5.30. The van der Waals surface area contributed by atoms with Crippen molar-refractivity contribution in [3.63, 3.8) is 0 Å². The number of carbonyl (C=O) groups is 12. The third-order valence-corrected chi connectivity index (χ3v) is 12.1. The van der Waals surface area contributed by atoms with Crippen LogP contribution in [0, 0.1) is 5.92 Å². The summed E-state index contributed by atoms with van der Waals surface area (Å²) in [7, 11) is 0. The molecule has 512 valence electrons. The van der Waals surface area contributed by atoms with Crippen molar-refractivity contribution in [3.8, 4) is 0 Å². The lowest BCUT2D eigenvalue weighted by atomic mass is 9.94. The van der Waals surface area contributed by atoms with Crippen molar-refractivity contribution in [3.05, 3.63) is 36.4 Å². The van der Waals surface area contributed by atoms with Crippen molar-refractivity contribution >= 4 is 71.4 Å². The summed E-state index contributed by atoms with van der Waals surface area (Å²) in [5, 5.41) is 25.0. The molecule has 0 bridgehead atoms. The number of carboxylic acid groups (broad SMARTS) is 2. The summed E-state index contributed by atoms with van der Waals surface area (Å²) in [6.45, 7) is 26.1. The number of ether oxygens (including phenoxy) is 6. The maximum absolute atomic E-state index is 14.1. The van der Waals surface area contributed by atoms with E-state index in [1.54, 1.807) is 125 Å². The number of esters is 6. The minimum atomic E-state index is -1.46. The van der Waals surface area contributed by atoms with Crippen molar-refractivity contribution in [2.45, 2.75) is 248 Å². The first-order valence-electron chi connectivity index (χ1n) is 30.2. The summed E-state index contributed by atoms with van der Waals surface area (Å²) in [6, 6.07) is -3.85. The fraction of sp³-hybridized carbons (Fsp3) is 0.710. The molecule has 0 spiro atoms. The second kappa shape index (κ2) is 34.4. The molecular formula is C62H99N9O20. The molecular weight excluding hydrogens is 1190 g/mol. The Kier molecular flexibility index (Phi) is 29.9. The van der Waals surface area contributed by atoms with Crippen LogP contribution in [-0.4, -0.2) is 194 Å². The van der Waals surface area contributed by atoms with E-state index < -0.39 is 169 Å². The van der Waals surface area contributed by atoms with Gasteiger partial charge in [-0.25, -0.2) is 24.4 Å². The molecule has 4 amide bonds. The number of amides is 4. The van der Waals surface area contributed by atoms with E-state index >= 15 is 0 Å². The third-order valence-electron chi connectivity index (χ3n) is 12.1. The molecule has 29 nitrogen and oxygen atoms in total. The molecule has 0 aliphatic carbocycles. The number of nitrogens with zero attached hydrogens (tertiary/aromatic N) is 7. The lowest BCUT2D eigenvalue weighted by Crippen LogP contribution is -2.53. The number of nitrogens with one attached hydrogen (secondary N) is 2. The van der Waals surface area contributed by atoms with Gasteiger partial charge in [-0.2, -0.15) is 0 Å². The number of rotatable bonds is 34. The van der Waals surface area contributed by atoms with Crippen LogP contribution in [0.1, 0.15) is 188 Å². The Balaban J connectivity index is 2.45. The Morgan fingerprint density at radius 1 is 0.484 bits per heavy atom. The van der Waals surface area contributed by atoms with Crippen LogP contribution in [0.25, 0.3) is 0 Å². The van der Waals surface area contributed by atoms with E-state index in [1.165, 1.54) is 33.9 Å². The zero-order valence-electron chi connectivity index (χ0n) is 56.4. The SMILES string of the molecule is CC(C)(C)OC(=O)CC[C@H](NC(=O)N[C@@H](CCC(=O)C[C@@H](CCCCN(Cc1nccn1CC(=O)N(CC(=O)O)CC(=O)OC(C)(C)C)Cc1nccn1CC(=O)N(CC(=O)OC(C)(C)C)CC(=O)OC(C)(C)C)C(=O)O)C(=O)OC(C)(C)C)C(=O)OC(C)(C)C. The molecule has 0 radical (unpaired) electrons. The highest BCUT2D eigenvalue weighted by molar-refractivity contribution is 5.90. The Morgan fingerprint density at radius 3 is 1.21 bits per heavy atom. The monoisotopic (exact) mass is 1290 g/mol. The number of carbonyl (C=O) groups excluding carboxylic acids is 10. The van der Waals surface area contributed by atoms with Crippen molar-refractivity contribution < 1.29 is 96.2 Å². The largest absolute Gasteiger partial charge is 0.481 e. The molecule has 2 aromatic rings. The van der Waals surface area contributed by atoms with Gasteiger partial charge in [0.05, 0.1) is 19.0 Å². The van der Waals surface area contributed by atoms with E-state index in [1.807, 2.05) is 4.90 Å². The molecule has 0 saturated heterocycles. The zero-order chi connectivity index (χ0) is 69.6. The van der Waals surface area contributed by atoms with Gasteiger partial charge in [0.25, 0.3) is 0 Å². The van der Waals surface area contributed by atoms with Gasteiger partial charge >= 0.3 is 53.8 Å². The summed E-state index contributed by atoms with van der Waals surface area (Å²) in [5.41, 5.74) is -5.58. The van der Waals surface area contributed by atoms with Gasteiger partial charge in [0, 0.05) is 44.0 Å². The van der Waals surface area contributed by atoms with Crippen molar-refractivity contribution in [2.24, 2.45) is 5.92 Å². The molecule has 0 unspecified atom stereocenters. The number of imidazole rings is 2. The number of aromatic nitrogens is 4. The average Bonchev–Trinajstić information content (AvgIpc) is 1.87. The third kappa shape index (κ3) is 34.7. The summed E-state index contributed by atoms with van der Waals surface area (Å²) in [5.74, 6) is -10.0. The minimum Gasteiger partial charge on any atom is -0.481 e. The normalized spacial score (nSPS) is 13.2. The molecule has 4 N–H and O–H groups in total. The number of carboxylic acids is 2. The van der Waals surface area contributed by atoms with Crippen LogP contribution in [-0.2, 0) is 107 Å². The van der Waals surface area contributed by atoms with E-state index in [9.17, 15) is 67.7 Å². The van der Waals surface area contributed by atoms with Gasteiger partial charge in [-0.05, 0) is 157 Å². The number of Topliss-reactive ketones (excluding diaryl/α,β-unsaturated/α-hetero) is 1. The van der Waals surface area contributed by atoms with E-state index in [2.05, 4.69) is 20.6 Å². The van der Waals surface area contributed by atoms with Gasteiger partial charge in [0.15, 0.2) is 0 Å². The molecule has 3 atom stereocenters. The molecule has 0 saturated carbocycles. The maximum atomic E-state index is 14.1. The van der Waals surface area contributed by atoms with Crippen LogP contribution in [0.3, 0.4) is 0 Å². The topological polar surface area (TPSA) is 370 Å². The Bertz CT molecular complexity index is 2810. The van der Waals surface area contributed by atoms with Gasteiger partial charge in [-0.1, -0.05) is 6.42 Å². The van der Waals surface area contributed by atoms with E-state index in [4.69, 9.17) is 28.4 Å². The lowest BCUT2D eigenvalue weighted by Gasteiger charge is -2.27. The van der Waals surface area contributed by atoms with Crippen LogP contribution in [0.2, 0.25) is 0 Å². The first kappa shape index (κ1) is 79.1. The second-order valence-corrected chi connectivity index (χ2v) is 28.0. The minimum absolute atomic E-state index is 0.00510. The second-order valence-electron chi connectivity index (χ2n) is 28.0. The van der Waals surface area contributed by atoms with Crippen molar-refractivity contribution in [1.82, 2.24) is 44.4 Å². The summed E-state index contributed by atoms with van der Waals surface area (Å²) >= 11 is 0. The van der Waals surface area contributed by atoms with Crippen LogP contribution < -0.4 is 10.6 Å². The smallest absolute Gasteiger partial charge is 0.329 e. The lowest BCUT2D eigenvalue weighted by molar-refractivity contribution is -0.164. The quantitative estimate of drug-likeness (QED) is 0.0392. The number of unbranched alkanes of at least 4 members (excludes halogenated alkanes) is 1. The molecule has 29 heteroatoms. The van der Waals surface area contributed by atoms with Gasteiger partial charge < -0.3 is 68.2 Å². The average molecular weight is 1290 g/mol. The van der Waals surface area contributed by atoms with Gasteiger partial charge in [-0.3, -0.25) is 48.1 Å². The van der Waals surface area contributed by atoms with Gasteiger partial charge in [0.1, 0.15) is 102 Å². The van der Waals surface area contributed by atoms with E-state index in [-0.39, 0.29) is 58.2 Å². The summed E-state index contributed by atoms with van der Waals surface area (Å²) in [4.78, 5) is 170. The summed E-state index contributed by atoms with van der Waals surface area (Å²) < 4.78 is 35.6. The van der Waals surface area contributed by atoms with E-state index in [0.29, 0.717) is 18.1 Å². The van der Waals surface area contributed by atoms with Gasteiger partial charge in [-0.15, -0.1) is 0 Å². The molecule has 2 heterocycles. The highest BCUT2D eigenvalue weighted by Crippen LogP contribution is 2.21. The zero-order valence-corrected chi connectivity index (χ0v) is 56.4. The van der Waals surface area contributed by atoms with Crippen LogP contribution >= 0.6 is 0 Å². The molecule has 0 aliphatic heterocycles. The predicted molar refractivity (Wildman–Crippen MR) is 327 cm³/mol. The Morgan fingerprint density at radius 2 is 0.846 bits per heavy atom. The first-order valence-corrected chi connectivity index (χ1v) is 30.2. The standard InChI is InChI=1S/C62H99N9O20/c1-57(2,3)86-49(77)25-24-43(55(84)91-62(16,17)18)66-56(85)65-42(54(83)90-61(13,14)15)23-22-41(72)31-40(53(81)82)21-19-20-28-67(32-44-63-26-29-68(44)34-46(73)70(36-48(75)76)37-50(78)87-58(4,5)6)33-45-64-27-30-69(45)35-47(74)71(38-51(79)88-59(7,8)9)39-52(80)89-60(10,11)12/h26-27,29-30,40,42-43H,19-25,28,31-39H2,1-18H3,(H,75,76)(H,81,82)(H2,65,66,85)/t40-,42+,43+/m1/s1. The molecule has 0 aliphatic rings. The Labute approximate surface area is 533 Å². The number of aliphatic carboxylic acids is 2. The first-order chi connectivity index (χ1) is 41.6. The molecule has 91 heavy (non-hydrogen) atoms. The number of urea groups is 1. The molecule has 2 aromatic heterocycles. The fourth-order valence-electron chi connectivity index (χ4n) is 8.57. The molecule has 2 rings (SSSR count). The highest BCUT2D eigenvalue weighted by atomic mass is 16.6. The number of hydrogen-bond donors (Lipinski definition) is 4. The highest BCUT2D eigenvalue weighted by Gasteiger charge is 2.34. The number of ketones is 1. The van der Waals surface area contributed by atoms with Crippen LogP contribution in [0.15, 0.2) is 24.8 Å². The van der Waals surface area contributed by atoms with E-state index in [0.717, 1.165) is 9.80 Å². The molecule has 0 aromatic carbocycles. The number of hydrogen-bond acceptors (Lipinski definition) is 21. The van der Waals surface area contributed by atoms with Gasteiger partial charge in [0.2, 0.25) is 11.8 Å². The van der Waals surface area contributed by atoms with Crippen molar-refractivity contribution in [1.29, 1.82) is 0 Å². The Hall–Kier alpha value is -7.98.